The van der Waals surface area contributed by atoms with Gasteiger partial charge in [0, 0.05) is 0 Å². The van der Waals surface area contributed by atoms with Crippen LogP contribution in [0.25, 0.3) is 0 Å². The number of nitrogens with zero attached hydrogens (tertiary/aromatic N) is 4. The van der Waals surface area contributed by atoms with Crippen LogP contribution in [-0.4, -0.2) is 20.0 Å². The molecule has 1 heterocycles. The van der Waals surface area contributed by atoms with Crippen LogP contribution in [0, 0.1) is 17.0 Å². The van der Waals surface area contributed by atoms with E-state index < -0.39 is 5.03 Å². The van der Waals surface area contributed by atoms with E-state index in [4.69, 9.17) is 0 Å². The number of rotatable bonds is 1. The van der Waals surface area contributed by atoms with Crippen molar-refractivity contribution in [3.8, 4) is 0 Å². The topological polar surface area (TPSA) is 97.1 Å². The lowest BCUT2D eigenvalue weighted by Gasteiger charge is -1.86. The minimum atomic E-state index is -0.821. The van der Waals surface area contributed by atoms with E-state index in [-0.39, 0.29) is 5.62 Å². The van der Waals surface area contributed by atoms with Crippen molar-refractivity contribution < 1.29 is 5.03 Å². The number of hydrogen-bond acceptors (Lipinski definition) is 4. The number of aromatic nitrogens is 3. The molecule has 0 aromatic carbocycles. The molecule has 0 amide bonds. The molecule has 0 unspecified atom stereocenters. The average molecular weight is 155 g/mol. The lowest BCUT2D eigenvalue weighted by molar-refractivity contribution is -0.491. The quantitative estimate of drug-likeness (QED) is 0.424. The third-order valence-corrected chi connectivity index (χ3v) is 0.900. The molecule has 0 saturated carbocycles. The Morgan fingerprint density at radius 2 is 2.45 bits per heavy atom. The van der Waals surface area contributed by atoms with Crippen LogP contribution < -0.4 is 5.62 Å². The number of hydrogen-bond donors (Lipinski definition) is 1. The van der Waals surface area contributed by atoms with Gasteiger partial charge in [-0.25, -0.2) is 15.1 Å². The number of aromatic amines is 1. The second-order valence-electron chi connectivity index (χ2n) is 1.75. The monoisotopic (exact) mass is 155 g/mol. The van der Waals surface area contributed by atoms with E-state index in [1.54, 1.807) is 6.92 Å². The van der Waals surface area contributed by atoms with Crippen molar-refractivity contribution in [2.75, 3.05) is 0 Å². The van der Waals surface area contributed by atoms with Gasteiger partial charge in [-0.1, -0.05) is 0 Å². The van der Waals surface area contributed by atoms with Crippen LogP contribution in [0.1, 0.15) is 5.82 Å². The maximum Gasteiger partial charge on any atom is 0.301 e. The Balaban J connectivity index is 3.15. The first-order valence-corrected chi connectivity index (χ1v) is 2.75. The molecule has 0 aliphatic carbocycles. The molecular weight excluding hydrogens is 150 g/mol. The molecule has 0 saturated heterocycles. The van der Waals surface area contributed by atoms with Gasteiger partial charge in [0.1, 0.15) is 17.3 Å². The summed E-state index contributed by atoms with van der Waals surface area (Å²) in [6.45, 7) is 1.65. The molecule has 1 aromatic heterocycles. The molecule has 0 spiro atoms. The van der Waals surface area contributed by atoms with E-state index in [0.29, 0.717) is 5.82 Å². The highest BCUT2D eigenvalue weighted by molar-refractivity contribution is 4.73. The first kappa shape index (κ1) is 7.32. The molecule has 1 aromatic rings. The summed E-state index contributed by atoms with van der Waals surface area (Å²) in [5.41, 5.74) is -0.0532. The Morgan fingerprint density at radius 3 is 3.00 bits per heavy atom. The summed E-state index contributed by atoms with van der Waals surface area (Å²) in [7, 11) is 0. The van der Waals surface area contributed by atoms with Crippen LogP contribution in [-0.2, 0) is 0 Å². The van der Waals surface area contributed by atoms with E-state index in [0.717, 1.165) is 0 Å². The van der Waals surface area contributed by atoms with Gasteiger partial charge in [0.25, 0.3) is 0 Å². The average Bonchev–Trinajstić information content (AvgIpc) is 1.85. The van der Waals surface area contributed by atoms with E-state index in [1.165, 1.54) is 6.33 Å². The minimum Gasteiger partial charge on any atom is -0.307 e. The fourth-order valence-electron chi connectivity index (χ4n) is 0.525. The Kier molecular flexibility index (Phi) is 1.90. The fourth-order valence-corrected chi connectivity index (χ4v) is 0.525. The fraction of sp³-hybridized carbons (Fsp3) is 0.250. The van der Waals surface area contributed by atoms with Crippen molar-refractivity contribution in [1.29, 1.82) is 0 Å². The van der Waals surface area contributed by atoms with Crippen molar-refractivity contribution in [1.82, 2.24) is 15.0 Å². The van der Waals surface area contributed by atoms with E-state index >= 15 is 0 Å². The highest BCUT2D eigenvalue weighted by Crippen LogP contribution is 1.72. The van der Waals surface area contributed by atoms with Crippen molar-refractivity contribution in [3.05, 3.63) is 27.9 Å². The van der Waals surface area contributed by atoms with Gasteiger partial charge in [0.2, 0.25) is 0 Å². The largest absolute Gasteiger partial charge is 0.307 e. The van der Waals surface area contributed by atoms with Gasteiger partial charge in [-0.05, 0) is 6.92 Å². The van der Waals surface area contributed by atoms with Crippen molar-refractivity contribution in [2.45, 2.75) is 6.92 Å². The molecule has 7 heteroatoms. The Bertz CT molecular complexity index is 329. The SMILES string of the molecule is Cc1ncnc(=N[N+](=O)[O-])[nH]1. The summed E-state index contributed by atoms with van der Waals surface area (Å²) in [6.07, 6.45) is 1.20. The van der Waals surface area contributed by atoms with Crippen LogP contribution >= 0.6 is 0 Å². The molecule has 1 N–H and O–H groups in total. The standard InChI is InChI=1S/C4H5N5O2/c1-3-5-2-6-4(7-3)8-9(10)11/h2H,1H3,(H,5,6,7,8). The molecule has 11 heavy (non-hydrogen) atoms. The van der Waals surface area contributed by atoms with Gasteiger partial charge in [-0.3, -0.25) is 0 Å². The van der Waals surface area contributed by atoms with Gasteiger partial charge < -0.3 is 4.98 Å². The van der Waals surface area contributed by atoms with E-state index in [1.807, 2.05) is 0 Å². The Morgan fingerprint density at radius 1 is 1.73 bits per heavy atom. The van der Waals surface area contributed by atoms with Crippen LogP contribution in [0.5, 0.6) is 0 Å². The zero-order valence-electron chi connectivity index (χ0n) is 5.68. The van der Waals surface area contributed by atoms with Gasteiger partial charge in [0.15, 0.2) is 5.03 Å². The van der Waals surface area contributed by atoms with E-state index in [9.17, 15) is 10.1 Å². The molecule has 0 bridgehead atoms. The minimum absolute atomic E-state index is 0.0532. The summed E-state index contributed by atoms with van der Waals surface area (Å²) in [6, 6.07) is 0. The second-order valence-corrected chi connectivity index (χ2v) is 1.75. The molecular formula is C4H5N5O2. The van der Waals surface area contributed by atoms with Gasteiger partial charge in [0.05, 0.1) is 0 Å². The summed E-state index contributed by atoms with van der Waals surface area (Å²) in [4.78, 5) is 19.5. The number of aryl methyl sites for hydroxylation is 1. The lowest BCUT2D eigenvalue weighted by Crippen LogP contribution is -2.16. The number of H-pyrrole nitrogens is 1. The van der Waals surface area contributed by atoms with Gasteiger partial charge >= 0.3 is 5.62 Å². The molecule has 1 rings (SSSR count). The third kappa shape index (κ3) is 2.12. The Labute approximate surface area is 61.0 Å². The van der Waals surface area contributed by atoms with Gasteiger partial charge in [-0.15, -0.1) is 0 Å². The van der Waals surface area contributed by atoms with Crippen LogP contribution in [0.4, 0.5) is 0 Å². The Hall–Kier alpha value is -1.79. The molecule has 58 valence electrons. The summed E-state index contributed by atoms with van der Waals surface area (Å²) < 4.78 is 0. The smallest absolute Gasteiger partial charge is 0.301 e. The second kappa shape index (κ2) is 2.86. The van der Waals surface area contributed by atoms with Crippen molar-refractivity contribution in [3.63, 3.8) is 0 Å². The first-order chi connectivity index (χ1) is 5.18. The van der Waals surface area contributed by atoms with Crippen LogP contribution in [0.15, 0.2) is 11.4 Å². The molecule has 0 aliphatic rings. The highest BCUT2D eigenvalue weighted by atomic mass is 16.7. The molecule has 0 atom stereocenters. The highest BCUT2D eigenvalue weighted by Gasteiger charge is 1.91. The third-order valence-electron chi connectivity index (χ3n) is 0.900. The van der Waals surface area contributed by atoms with Crippen molar-refractivity contribution in [2.24, 2.45) is 5.10 Å². The maximum absolute atomic E-state index is 9.84. The van der Waals surface area contributed by atoms with Crippen LogP contribution in [0.3, 0.4) is 0 Å². The molecule has 0 aliphatic heterocycles. The summed E-state index contributed by atoms with van der Waals surface area (Å²) in [5.74, 6) is 0.528. The number of nitro groups is 1. The zero-order chi connectivity index (χ0) is 8.27. The van der Waals surface area contributed by atoms with E-state index in [2.05, 4.69) is 20.1 Å². The van der Waals surface area contributed by atoms with Crippen LogP contribution in [0.2, 0.25) is 0 Å². The molecule has 0 fully saturated rings. The lowest BCUT2D eigenvalue weighted by atomic mass is 10.7. The zero-order valence-corrected chi connectivity index (χ0v) is 5.68. The number of nitrogens with one attached hydrogen (secondary N) is 1. The predicted octanol–water partition coefficient (Wildman–Crippen LogP) is -0.794. The van der Waals surface area contributed by atoms with Gasteiger partial charge in [-0.2, -0.15) is 4.98 Å². The maximum atomic E-state index is 9.84. The summed E-state index contributed by atoms with van der Waals surface area (Å²) >= 11 is 0. The summed E-state index contributed by atoms with van der Waals surface area (Å²) in [5, 5.41) is 12.0. The first-order valence-electron chi connectivity index (χ1n) is 2.75. The molecule has 7 nitrogen and oxygen atoms in total. The van der Waals surface area contributed by atoms with Crippen molar-refractivity contribution >= 4 is 0 Å². The molecule has 0 radical (unpaired) electrons. The predicted molar refractivity (Wildman–Crippen MR) is 33.7 cm³/mol. The normalized spacial score (nSPS) is 11.5.